The molecule has 1 amide bonds. The Bertz CT molecular complexity index is 781. The third-order valence-electron chi connectivity index (χ3n) is 4.22. The zero-order valence-corrected chi connectivity index (χ0v) is 13.4. The zero-order chi connectivity index (χ0) is 18.0. The summed E-state index contributed by atoms with van der Waals surface area (Å²) in [4.78, 5) is 11.9. The average Bonchev–Trinajstić information content (AvgIpc) is 3.38. The maximum absolute atomic E-state index is 14.0. The molecule has 2 nitrogen and oxygen atoms in total. The Morgan fingerprint density at radius 3 is 2.52 bits per heavy atom. The number of alkyl halides is 3. The van der Waals surface area contributed by atoms with E-state index in [1.165, 1.54) is 18.2 Å². The molecular weight excluding hydrogens is 334 g/mol. The van der Waals surface area contributed by atoms with E-state index in [1.54, 1.807) is 6.07 Å². The molecule has 2 aromatic rings. The molecule has 0 radical (unpaired) electrons. The van der Waals surface area contributed by atoms with Crippen molar-refractivity contribution >= 4 is 5.91 Å². The first-order valence-electron chi connectivity index (χ1n) is 8.04. The van der Waals surface area contributed by atoms with Crippen molar-refractivity contribution in [1.82, 2.24) is 5.32 Å². The van der Waals surface area contributed by atoms with Gasteiger partial charge in [0.15, 0.2) is 0 Å². The third-order valence-corrected chi connectivity index (χ3v) is 4.22. The summed E-state index contributed by atoms with van der Waals surface area (Å²) in [6, 6.07) is 9.62. The van der Waals surface area contributed by atoms with E-state index in [2.05, 4.69) is 5.32 Å². The molecule has 6 heteroatoms. The summed E-state index contributed by atoms with van der Waals surface area (Å²) >= 11 is 0. The van der Waals surface area contributed by atoms with E-state index in [9.17, 15) is 22.4 Å². The molecule has 0 aliphatic heterocycles. The van der Waals surface area contributed by atoms with E-state index in [0.29, 0.717) is 11.5 Å². The Labute approximate surface area is 142 Å². The van der Waals surface area contributed by atoms with Crippen molar-refractivity contribution in [3.05, 3.63) is 70.5 Å². The predicted octanol–water partition coefficient (Wildman–Crippen LogP) is 4.58. The van der Waals surface area contributed by atoms with Crippen molar-refractivity contribution in [3.8, 4) is 0 Å². The first-order chi connectivity index (χ1) is 11.8. The largest absolute Gasteiger partial charge is 0.416 e. The zero-order valence-electron chi connectivity index (χ0n) is 13.4. The lowest BCUT2D eigenvalue weighted by Crippen LogP contribution is -2.25. The smallest absolute Gasteiger partial charge is 0.352 e. The van der Waals surface area contributed by atoms with Crippen molar-refractivity contribution in [2.45, 2.75) is 37.9 Å². The number of halogens is 4. The highest BCUT2D eigenvalue weighted by atomic mass is 19.4. The van der Waals surface area contributed by atoms with Gasteiger partial charge in [0.25, 0.3) is 0 Å². The van der Waals surface area contributed by atoms with Crippen LogP contribution < -0.4 is 5.32 Å². The fraction of sp³-hybridized carbons (Fsp3) is 0.316. The summed E-state index contributed by atoms with van der Waals surface area (Å²) < 4.78 is 52.0. The van der Waals surface area contributed by atoms with Crippen LogP contribution in [-0.4, -0.2) is 5.91 Å². The van der Waals surface area contributed by atoms with Crippen LogP contribution >= 0.6 is 0 Å². The monoisotopic (exact) mass is 351 g/mol. The second kappa shape index (κ2) is 6.86. The summed E-state index contributed by atoms with van der Waals surface area (Å²) in [6.45, 7) is 0.00851. The predicted molar refractivity (Wildman–Crippen MR) is 85.4 cm³/mol. The second-order valence-electron chi connectivity index (χ2n) is 6.28. The van der Waals surface area contributed by atoms with E-state index in [4.69, 9.17) is 0 Å². The van der Waals surface area contributed by atoms with Gasteiger partial charge < -0.3 is 5.32 Å². The minimum atomic E-state index is -4.45. The van der Waals surface area contributed by atoms with Crippen LogP contribution in [0.2, 0.25) is 0 Å². The van der Waals surface area contributed by atoms with E-state index in [1.807, 2.05) is 6.07 Å². The Kier molecular flexibility index (Phi) is 4.79. The van der Waals surface area contributed by atoms with Gasteiger partial charge in [-0.15, -0.1) is 0 Å². The molecule has 2 aromatic carbocycles. The van der Waals surface area contributed by atoms with Gasteiger partial charge >= 0.3 is 6.18 Å². The number of carbonyl (C=O) groups excluding carboxylic acids is 1. The molecule has 0 aromatic heterocycles. The van der Waals surface area contributed by atoms with E-state index in [-0.39, 0.29) is 24.3 Å². The van der Waals surface area contributed by atoms with Gasteiger partial charge in [0.1, 0.15) is 5.82 Å². The highest BCUT2D eigenvalue weighted by Crippen LogP contribution is 2.40. The van der Waals surface area contributed by atoms with Crippen LogP contribution in [0.25, 0.3) is 0 Å². The van der Waals surface area contributed by atoms with Crippen molar-refractivity contribution < 1.29 is 22.4 Å². The van der Waals surface area contributed by atoms with Gasteiger partial charge in [-0.05, 0) is 42.0 Å². The molecule has 0 saturated heterocycles. The number of benzene rings is 2. The molecule has 0 unspecified atom stereocenters. The van der Waals surface area contributed by atoms with Crippen LogP contribution in [0.5, 0.6) is 0 Å². The van der Waals surface area contributed by atoms with Gasteiger partial charge in [0.05, 0.1) is 12.0 Å². The second-order valence-corrected chi connectivity index (χ2v) is 6.28. The number of hydrogen-bond acceptors (Lipinski definition) is 1. The third kappa shape index (κ3) is 4.59. The van der Waals surface area contributed by atoms with Crippen LogP contribution in [0.3, 0.4) is 0 Å². The number of rotatable bonds is 5. The van der Waals surface area contributed by atoms with Crippen LogP contribution in [0, 0.1) is 5.82 Å². The highest BCUT2D eigenvalue weighted by Gasteiger charge is 2.30. The molecule has 0 atom stereocenters. The maximum Gasteiger partial charge on any atom is 0.416 e. The summed E-state index contributed by atoms with van der Waals surface area (Å²) in [5.41, 5.74) is 0.801. The minimum Gasteiger partial charge on any atom is -0.352 e. The number of amides is 1. The molecule has 3 rings (SSSR count). The van der Waals surface area contributed by atoms with Crippen molar-refractivity contribution in [1.29, 1.82) is 0 Å². The molecule has 0 heterocycles. The quantitative estimate of drug-likeness (QED) is 0.785. The van der Waals surface area contributed by atoms with E-state index < -0.39 is 17.6 Å². The number of hydrogen-bond donors (Lipinski definition) is 1. The average molecular weight is 351 g/mol. The van der Waals surface area contributed by atoms with Crippen LogP contribution in [0.4, 0.5) is 17.6 Å². The summed E-state index contributed by atoms with van der Waals surface area (Å²) in [7, 11) is 0. The molecule has 1 N–H and O–H groups in total. The number of nitrogens with one attached hydrogen (secondary N) is 1. The summed E-state index contributed by atoms with van der Waals surface area (Å²) in [6.07, 6.45) is -2.48. The van der Waals surface area contributed by atoms with Crippen LogP contribution in [0.1, 0.15) is 41.0 Å². The SMILES string of the molecule is O=C(Cc1cccc(C(F)(F)F)c1)NCc1ccc(C2CC2)cc1F. The number of carbonyl (C=O) groups is 1. The molecule has 132 valence electrons. The van der Waals surface area contributed by atoms with Gasteiger partial charge in [-0.25, -0.2) is 4.39 Å². The molecule has 0 spiro atoms. The first-order valence-corrected chi connectivity index (χ1v) is 8.04. The Morgan fingerprint density at radius 1 is 1.12 bits per heavy atom. The highest BCUT2D eigenvalue weighted by molar-refractivity contribution is 5.78. The van der Waals surface area contributed by atoms with Crippen LogP contribution in [0.15, 0.2) is 42.5 Å². The van der Waals surface area contributed by atoms with Gasteiger partial charge in [0.2, 0.25) is 5.91 Å². The normalized spacial score (nSPS) is 14.4. The minimum absolute atomic E-state index is 0.00851. The van der Waals surface area contributed by atoms with Crippen molar-refractivity contribution in [2.24, 2.45) is 0 Å². The molecule has 1 aliphatic rings. The van der Waals surface area contributed by atoms with Crippen molar-refractivity contribution in [3.63, 3.8) is 0 Å². The Morgan fingerprint density at radius 2 is 1.88 bits per heavy atom. The molecule has 0 bridgehead atoms. The fourth-order valence-electron chi connectivity index (χ4n) is 2.68. The molecule has 1 fully saturated rings. The molecule has 1 aliphatic carbocycles. The first kappa shape index (κ1) is 17.5. The lowest BCUT2D eigenvalue weighted by Gasteiger charge is -2.10. The molecule has 25 heavy (non-hydrogen) atoms. The Balaban J connectivity index is 1.58. The van der Waals surface area contributed by atoms with Gasteiger partial charge in [-0.3, -0.25) is 4.79 Å². The molecular formula is C19H17F4NO. The lowest BCUT2D eigenvalue weighted by molar-refractivity contribution is -0.137. The van der Waals surface area contributed by atoms with Gasteiger partial charge in [-0.1, -0.05) is 30.3 Å². The topological polar surface area (TPSA) is 29.1 Å². The maximum atomic E-state index is 14.0. The standard InChI is InChI=1S/C19H17F4NO/c20-17-10-14(13-4-5-13)6-7-15(17)11-24-18(25)9-12-2-1-3-16(8-12)19(21,22)23/h1-3,6-8,10,13H,4-5,9,11H2,(H,24,25). The van der Waals surface area contributed by atoms with E-state index in [0.717, 1.165) is 30.5 Å². The summed E-state index contributed by atoms with van der Waals surface area (Å²) in [5.74, 6) is -0.382. The van der Waals surface area contributed by atoms with E-state index >= 15 is 0 Å². The lowest BCUT2D eigenvalue weighted by atomic mass is 10.1. The Hall–Kier alpha value is -2.37. The molecule has 1 saturated carbocycles. The van der Waals surface area contributed by atoms with Crippen LogP contribution in [-0.2, 0) is 23.9 Å². The van der Waals surface area contributed by atoms with Crippen molar-refractivity contribution in [2.75, 3.05) is 0 Å². The fourth-order valence-corrected chi connectivity index (χ4v) is 2.68. The van der Waals surface area contributed by atoms with Gasteiger partial charge in [0, 0.05) is 12.1 Å². The van der Waals surface area contributed by atoms with Gasteiger partial charge in [-0.2, -0.15) is 13.2 Å². The summed E-state index contributed by atoms with van der Waals surface area (Å²) in [5, 5.41) is 2.55.